The molecule has 1 rings (SSSR count). The average Bonchev–Trinajstić information content (AvgIpc) is 2.55. The number of nitrogens with one attached hydrogen (secondary N) is 1. The summed E-state index contributed by atoms with van der Waals surface area (Å²) >= 11 is 0. The highest BCUT2D eigenvalue weighted by atomic mass is 16.6. The minimum atomic E-state index is -1.93. The van der Waals surface area contributed by atoms with Crippen molar-refractivity contribution < 1.29 is 33.7 Å². The molecule has 25 heavy (non-hydrogen) atoms. The molecule has 0 aliphatic heterocycles. The first kappa shape index (κ1) is 20.4. The highest BCUT2D eigenvalue weighted by Crippen LogP contribution is 2.09. The topological polar surface area (TPSA) is 111 Å². The van der Waals surface area contributed by atoms with Crippen molar-refractivity contribution in [3.8, 4) is 0 Å². The molecule has 8 nitrogen and oxygen atoms in total. The Morgan fingerprint density at radius 1 is 1.12 bits per heavy atom. The Bertz CT molecular complexity index is 595. The molecule has 0 heterocycles. The molecule has 0 saturated carbocycles. The van der Waals surface area contributed by atoms with Crippen LogP contribution < -0.4 is 5.32 Å². The molecule has 2 atom stereocenters. The van der Waals surface area contributed by atoms with Gasteiger partial charge in [-0.05, 0) is 26.3 Å². The van der Waals surface area contributed by atoms with Crippen molar-refractivity contribution in [2.24, 2.45) is 0 Å². The number of carbonyl (C=O) groups excluding carboxylic acids is 3. The van der Waals surface area contributed by atoms with Crippen LogP contribution in [0, 0.1) is 0 Å². The maximum atomic E-state index is 12.2. The smallest absolute Gasteiger partial charge is 0.408 e. The Balaban J connectivity index is 2.80. The minimum Gasteiger partial charge on any atom is -0.467 e. The van der Waals surface area contributed by atoms with E-state index in [2.05, 4.69) is 10.1 Å². The van der Waals surface area contributed by atoms with Crippen LogP contribution in [0.5, 0.6) is 0 Å². The lowest BCUT2D eigenvalue weighted by molar-refractivity contribution is -0.161. The number of aliphatic hydroxyl groups is 1. The van der Waals surface area contributed by atoms with Crippen molar-refractivity contribution in [1.29, 1.82) is 0 Å². The largest absolute Gasteiger partial charge is 0.467 e. The number of ether oxygens (including phenoxy) is 3. The molecule has 8 heteroatoms. The van der Waals surface area contributed by atoms with Crippen molar-refractivity contribution >= 4 is 18.0 Å². The summed E-state index contributed by atoms with van der Waals surface area (Å²) in [5.41, 5.74) is -0.113. The van der Waals surface area contributed by atoms with Crippen LogP contribution in [0.1, 0.15) is 26.3 Å². The van der Waals surface area contributed by atoms with Crippen LogP contribution >= 0.6 is 0 Å². The number of carbonyl (C=O) groups is 3. The Morgan fingerprint density at radius 2 is 1.72 bits per heavy atom. The molecule has 2 N–H and O–H groups in total. The fourth-order valence-electron chi connectivity index (χ4n) is 1.78. The molecule has 0 unspecified atom stereocenters. The molecule has 0 aliphatic carbocycles. The summed E-state index contributed by atoms with van der Waals surface area (Å²) < 4.78 is 14.5. The molecule has 0 fully saturated rings. The first-order chi connectivity index (χ1) is 11.6. The lowest BCUT2D eigenvalue weighted by atomic mass is 10.1. The number of alkyl carbamates (subject to hydrolysis) is 1. The molecule has 0 saturated heterocycles. The molecule has 1 aromatic rings. The number of aliphatic hydroxyl groups excluding tert-OH is 1. The van der Waals surface area contributed by atoms with Gasteiger partial charge in [0.1, 0.15) is 12.2 Å². The van der Waals surface area contributed by atoms with Crippen molar-refractivity contribution in [2.75, 3.05) is 7.11 Å². The van der Waals surface area contributed by atoms with Crippen LogP contribution in [0.15, 0.2) is 30.3 Å². The van der Waals surface area contributed by atoms with Crippen LogP contribution in [0.4, 0.5) is 4.79 Å². The molecule has 1 amide bonds. The van der Waals surface area contributed by atoms with E-state index >= 15 is 0 Å². The van der Waals surface area contributed by atoms with Crippen molar-refractivity contribution in [3.63, 3.8) is 0 Å². The number of hydrogen-bond donors (Lipinski definition) is 2. The van der Waals surface area contributed by atoms with E-state index in [1.165, 1.54) is 0 Å². The van der Waals surface area contributed by atoms with Gasteiger partial charge >= 0.3 is 18.0 Å². The summed E-state index contributed by atoms with van der Waals surface area (Å²) in [6.07, 6.45) is -2.90. The lowest BCUT2D eigenvalue weighted by Gasteiger charge is -2.24. The van der Waals surface area contributed by atoms with E-state index in [1.54, 1.807) is 51.1 Å². The lowest BCUT2D eigenvalue weighted by Crippen LogP contribution is -2.53. The Kier molecular flexibility index (Phi) is 7.38. The van der Waals surface area contributed by atoms with Crippen molar-refractivity contribution in [3.05, 3.63) is 35.9 Å². The van der Waals surface area contributed by atoms with E-state index in [1.807, 2.05) is 0 Å². The Labute approximate surface area is 146 Å². The zero-order valence-corrected chi connectivity index (χ0v) is 14.6. The number of rotatable bonds is 6. The van der Waals surface area contributed by atoms with E-state index in [0.29, 0.717) is 5.56 Å². The van der Waals surface area contributed by atoms with E-state index in [-0.39, 0.29) is 6.61 Å². The Hall–Kier alpha value is -2.61. The van der Waals surface area contributed by atoms with Gasteiger partial charge in [0.15, 0.2) is 12.1 Å². The van der Waals surface area contributed by atoms with Crippen LogP contribution in [0.2, 0.25) is 0 Å². The van der Waals surface area contributed by atoms with E-state index in [0.717, 1.165) is 7.11 Å². The van der Waals surface area contributed by atoms with Crippen molar-refractivity contribution in [1.82, 2.24) is 5.32 Å². The van der Waals surface area contributed by atoms with Gasteiger partial charge < -0.3 is 24.6 Å². The summed E-state index contributed by atoms with van der Waals surface area (Å²) in [6.45, 7) is 4.81. The van der Waals surface area contributed by atoms with Gasteiger partial charge in [-0.2, -0.15) is 0 Å². The van der Waals surface area contributed by atoms with Crippen LogP contribution in [0.25, 0.3) is 0 Å². The summed E-state index contributed by atoms with van der Waals surface area (Å²) in [4.78, 5) is 35.6. The van der Waals surface area contributed by atoms with E-state index in [4.69, 9.17) is 9.47 Å². The van der Waals surface area contributed by atoms with Crippen LogP contribution in [-0.2, 0) is 30.4 Å². The maximum Gasteiger partial charge on any atom is 0.408 e. The Morgan fingerprint density at radius 3 is 2.24 bits per heavy atom. The van der Waals surface area contributed by atoms with Gasteiger partial charge in [0, 0.05) is 0 Å². The number of esters is 2. The summed E-state index contributed by atoms with van der Waals surface area (Å²) in [6, 6.07) is 7.15. The number of methoxy groups -OCH3 is 1. The monoisotopic (exact) mass is 353 g/mol. The fraction of sp³-hybridized carbons (Fsp3) is 0.471. The normalized spacial score (nSPS) is 13.3. The minimum absolute atomic E-state index is 0.0833. The van der Waals surface area contributed by atoms with Gasteiger partial charge in [-0.3, -0.25) is 0 Å². The SMILES string of the molecule is COC(=O)[C@H](O)[C@@H](NC(=O)OC(C)(C)C)C(=O)OCc1ccccc1. The third kappa shape index (κ3) is 7.21. The van der Waals surface area contributed by atoms with Gasteiger partial charge in [0.05, 0.1) is 7.11 Å². The summed E-state index contributed by atoms with van der Waals surface area (Å²) in [7, 11) is 1.05. The quantitative estimate of drug-likeness (QED) is 0.583. The number of amides is 1. The third-order valence-electron chi connectivity index (χ3n) is 2.91. The summed E-state index contributed by atoms with van der Waals surface area (Å²) in [5.74, 6) is -2.08. The second-order valence-corrected chi connectivity index (χ2v) is 6.19. The number of hydrogen-bond acceptors (Lipinski definition) is 7. The molecular weight excluding hydrogens is 330 g/mol. The van der Waals surface area contributed by atoms with Gasteiger partial charge in [-0.15, -0.1) is 0 Å². The van der Waals surface area contributed by atoms with E-state index in [9.17, 15) is 19.5 Å². The molecular formula is C17H23NO7. The number of benzene rings is 1. The second kappa shape index (κ2) is 9.03. The highest BCUT2D eigenvalue weighted by Gasteiger charge is 2.36. The maximum absolute atomic E-state index is 12.2. The van der Waals surface area contributed by atoms with Gasteiger partial charge in [-0.1, -0.05) is 30.3 Å². The zero-order valence-electron chi connectivity index (χ0n) is 14.6. The molecule has 0 aromatic heterocycles. The van der Waals surface area contributed by atoms with Crippen LogP contribution in [-0.4, -0.2) is 48.0 Å². The van der Waals surface area contributed by atoms with Gasteiger partial charge in [0.25, 0.3) is 0 Å². The van der Waals surface area contributed by atoms with Gasteiger partial charge in [0.2, 0.25) is 0 Å². The molecule has 0 spiro atoms. The highest BCUT2D eigenvalue weighted by molar-refractivity contribution is 5.89. The molecule has 0 aliphatic rings. The first-order valence-electron chi connectivity index (χ1n) is 7.60. The summed E-state index contributed by atoms with van der Waals surface area (Å²) in [5, 5.41) is 12.1. The standard InChI is InChI=1S/C17H23NO7/c1-17(2,3)25-16(22)18-12(13(19)15(21)23-4)14(20)24-10-11-8-6-5-7-9-11/h5-9,12-13,19H,10H2,1-4H3,(H,18,22)/t12-,13-/m1/s1. The zero-order chi connectivity index (χ0) is 19.0. The third-order valence-corrected chi connectivity index (χ3v) is 2.91. The van der Waals surface area contributed by atoms with Gasteiger partial charge in [-0.25, -0.2) is 14.4 Å². The molecule has 1 aromatic carbocycles. The van der Waals surface area contributed by atoms with Crippen LogP contribution in [0.3, 0.4) is 0 Å². The molecule has 0 bridgehead atoms. The second-order valence-electron chi connectivity index (χ2n) is 6.19. The molecule has 138 valence electrons. The van der Waals surface area contributed by atoms with Crippen molar-refractivity contribution in [2.45, 2.75) is 45.1 Å². The van der Waals surface area contributed by atoms with E-state index < -0.39 is 35.8 Å². The predicted octanol–water partition coefficient (Wildman–Crippen LogP) is 1.16. The predicted molar refractivity (Wildman–Crippen MR) is 87.4 cm³/mol. The first-order valence-corrected chi connectivity index (χ1v) is 7.60. The molecule has 0 radical (unpaired) electrons. The average molecular weight is 353 g/mol. The fourth-order valence-corrected chi connectivity index (χ4v) is 1.78.